The Balaban J connectivity index is 2.25. The molecule has 0 saturated carbocycles. The molecule has 1 saturated heterocycles. The minimum atomic E-state index is -1.44. The van der Waals surface area contributed by atoms with Crippen LogP contribution in [0.5, 0.6) is 0 Å². The van der Waals surface area contributed by atoms with E-state index in [-0.39, 0.29) is 6.61 Å². The highest BCUT2D eigenvalue weighted by molar-refractivity contribution is 6.10. The van der Waals surface area contributed by atoms with E-state index in [0.717, 1.165) is 0 Å². The fourth-order valence-electron chi connectivity index (χ4n) is 3.41. The van der Waals surface area contributed by atoms with E-state index in [0.29, 0.717) is 11.1 Å². The molecule has 6 nitrogen and oxygen atoms in total. The van der Waals surface area contributed by atoms with Gasteiger partial charge in [0.2, 0.25) is 0 Å². The van der Waals surface area contributed by atoms with Gasteiger partial charge in [0.15, 0.2) is 5.54 Å². The summed E-state index contributed by atoms with van der Waals surface area (Å²) >= 11 is 0. The quantitative estimate of drug-likeness (QED) is 0.662. The zero-order chi connectivity index (χ0) is 18.7. The summed E-state index contributed by atoms with van der Waals surface area (Å²) in [5.74, 6) is -1.05. The van der Waals surface area contributed by atoms with E-state index in [1.165, 1.54) is 4.90 Å². The Labute approximate surface area is 151 Å². The van der Waals surface area contributed by atoms with Gasteiger partial charge in [-0.05, 0) is 25.0 Å². The molecule has 1 unspecified atom stereocenters. The summed E-state index contributed by atoms with van der Waals surface area (Å²) in [5, 5.41) is 2.37. The topological polar surface area (TPSA) is 75.7 Å². The van der Waals surface area contributed by atoms with Crippen molar-refractivity contribution in [3.63, 3.8) is 0 Å². The van der Waals surface area contributed by atoms with E-state index in [1.54, 1.807) is 62.4 Å². The molecule has 1 aliphatic rings. The SMILES string of the molecule is CCOC(=O)C(C)N1C(=O)NC(=O)C1(c1ccccc1)c1ccccc1. The first-order valence-electron chi connectivity index (χ1n) is 8.46. The molecule has 134 valence electrons. The van der Waals surface area contributed by atoms with E-state index in [1.807, 2.05) is 12.1 Å². The van der Waals surface area contributed by atoms with Crippen LogP contribution in [0, 0.1) is 0 Å². The van der Waals surface area contributed by atoms with E-state index in [4.69, 9.17) is 4.74 Å². The van der Waals surface area contributed by atoms with Crippen molar-refractivity contribution in [2.24, 2.45) is 0 Å². The Morgan fingerprint density at radius 2 is 1.54 bits per heavy atom. The summed E-state index contributed by atoms with van der Waals surface area (Å²) < 4.78 is 5.09. The number of rotatable bonds is 5. The molecule has 3 rings (SSSR count). The van der Waals surface area contributed by atoms with E-state index in [9.17, 15) is 14.4 Å². The molecule has 1 N–H and O–H groups in total. The number of carbonyl (C=O) groups excluding carboxylic acids is 3. The van der Waals surface area contributed by atoms with Crippen LogP contribution in [0.2, 0.25) is 0 Å². The van der Waals surface area contributed by atoms with Crippen molar-refractivity contribution in [1.82, 2.24) is 10.2 Å². The largest absolute Gasteiger partial charge is 0.464 e. The van der Waals surface area contributed by atoms with Gasteiger partial charge in [0.1, 0.15) is 6.04 Å². The first kappa shape index (κ1) is 17.7. The van der Waals surface area contributed by atoms with Gasteiger partial charge >= 0.3 is 12.0 Å². The Morgan fingerprint density at radius 1 is 1.04 bits per heavy atom. The second-order valence-corrected chi connectivity index (χ2v) is 6.00. The van der Waals surface area contributed by atoms with Crippen LogP contribution in [0.1, 0.15) is 25.0 Å². The minimum Gasteiger partial charge on any atom is -0.464 e. The lowest BCUT2D eigenvalue weighted by atomic mass is 9.80. The predicted molar refractivity (Wildman–Crippen MR) is 95.1 cm³/mol. The molecule has 3 amide bonds. The minimum absolute atomic E-state index is 0.191. The zero-order valence-corrected chi connectivity index (χ0v) is 14.6. The third-order valence-electron chi connectivity index (χ3n) is 4.53. The first-order chi connectivity index (χ1) is 12.5. The van der Waals surface area contributed by atoms with Crippen LogP contribution in [0.15, 0.2) is 60.7 Å². The Bertz CT molecular complexity index is 781. The van der Waals surface area contributed by atoms with Gasteiger partial charge < -0.3 is 4.74 Å². The number of amides is 3. The molecule has 0 spiro atoms. The van der Waals surface area contributed by atoms with E-state index in [2.05, 4.69) is 5.32 Å². The van der Waals surface area contributed by atoms with Gasteiger partial charge in [-0.25, -0.2) is 9.59 Å². The number of urea groups is 1. The number of nitrogens with zero attached hydrogens (tertiary/aromatic N) is 1. The van der Waals surface area contributed by atoms with Gasteiger partial charge in [-0.15, -0.1) is 0 Å². The summed E-state index contributed by atoms with van der Waals surface area (Å²) in [6.45, 7) is 3.45. The average molecular weight is 352 g/mol. The van der Waals surface area contributed by atoms with Crippen molar-refractivity contribution in [3.8, 4) is 0 Å². The molecule has 1 atom stereocenters. The lowest BCUT2D eigenvalue weighted by Gasteiger charge is -2.38. The van der Waals surface area contributed by atoms with Crippen molar-refractivity contribution in [3.05, 3.63) is 71.8 Å². The van der Waals surface area contributed by atoms with Crippen molar-refractivity contribution >= 4 is 17.9 Å². The molecule has 0 aliphatic carbocycles. The summed E-state index contributed by atoms with van der Waals surface area (Å²) in [7, 11) is 0. The van der Waals surface area contributed by atoms with Crippen LogP contribution in [0.4, 0.5) is 4.79 Å². The lowest BCUT2D eigenvalue weighted by Crippen LogP contribution is -2.54. The first-order valence-corrected chi connectivity index (χ1v) is 8.46. The van der Waals surface area contributed by atoms with Crippen LogP contribution in [0.25, 0.3) is 0 Å². The van der Waals surface area contributed by atoms with Crippen LogP contribution >= 0.6 is 0 Å². The fourth-order valence-corrected chi connectivity index (χ4v) is 3.41. The van der Waals surface area contributed by atoms with Gasteiger partial charge in [0, 0.05) is 0 Å². The predicted octanol–water partition coefficient (Wildman–Crippen LogP) is 2.43. The number of benzene rings is 2. The molecule has 1 aliphatic heterocycles. The monoisotopic (exact) mass is 352 g/mol. The highest BCUT2D eigenvalue weighted by Gasteiger charge is 2.58. The number of nitrogens with one attached hydrogen (secondary N) is 1. The summed E-state index contributed by atoms with van der Waals surface area (Å²) in [6.07, 6.45) is 0. The molecule has 0 aromatic heterocycles. The van der Waals surface area contributed by atoms with Gasteiger partial charge in [-0.2, -0.15) is 0 Å². The third-order valence-corrected chi connectivity index (χ3v) is 4.53. The van der Waals surface area contributed by atoms with Crippen LogP contribution in [0.3, 0.4) is 0 Å². The third kappa shape index (κ3) is 2.63. The molecule has 6 heteroatoms. The van der Waals surface area contributed by atoms with E-state index >= 15 is 0 Å². The molecular formula is C20H20N2O4. The number of imide groups is 1. The van der Waals surface area contributed by atoms with Gasteiger partial charge in [-0.1, -0.05) is 60.7 Å². The molecular weight excluding hydrogens is 332 g/mol. The zero-order valence-electron chi connectivity index (χ0n) is 14.6. The molecule has 2 aromatic carbocycles. The number of esters is 1. The highest BCUT2D eigenvalue weighted by atomic mass is 16.5. The number of carbonyl (C=O) groups is 3. The Hall–Kier alpha value is -3.15. The molecule has 1 fully saturated rings. The molecule has 0 radical (unpaired) electrons. The smallest absolute Gasteiger partial charge is 0.328 e. The number of hydrogen-bond donors (Lipinski definition) is 1. The molecule has 1 heterocycles. The molecule has 26 heavy (non-hydrogen) atoms. The molecule has 0 bridgehead atoms. The standard InChI is InChI=1S/C20H20N2O4/c1-3-26-17(23)14(2)22-19(25)21-18(24)20(22,15-10-6-4-7-11-15)16-12-8-5-9-13-16/h4-14H,3H2,1-2H3,(H,21,24,25). The van der Waals surface area contributed by atoms with Crippen molar-refractivity contribution < 1.29 is 19.1 Å². The van der Waals surface area contributed by atoms with Crippen LogP contribution in [-0.2, 0) is 19.9 Å². The summed E-state index contributed by atoms with van der Waals surface area (Å²) in [6, 6.07) is 16.4. The summed E-state index contributed by atoms with van der Waals surface area (Å²) in [5.41, 5.74) is -0.234. The molecule has 2 aromatic rings. The van der Waals surface area contributed by atoms with Crippen LogP contribution < -0.4 is 5.32 Å². The second-order valence-electron chi connectivity index (χ2n) is 6.00. The van der Waals surface area contributed by atoms with Gasteiger partial charge in [-0.3, -0.25) is 15.0 Å². The van der Waals surface area contributed by atoms with Crippen molar-refractivity contribution in [2.75, 3.05) is 6.61 Å². The fraction of sp³-hybridized carbons (Fsp3) is 0.250. The van der Waals surface area contributed by atoms with Crippen LogP contribution in [-0.4, -0.2) is 35.5 Å². The summed E-state index contributed by atoms with van der Waals surface area (Å²) in [4.78, 5) is 39.4. The second kappa shape index (κ2) is 7.00. The highest BCUT2D eigenvalue weighted by Crippen LogP contribution is 2.41. The van der Waals surface area contributed by atoms with Crippen molar-refractivity contribution in [1.29, 1.82) is 0 Å². The van der Waals surface area contributed by atoms with E-state index < -0.39 is 29.5 Å². The normalized spacial score (nSPS) is 16.9. The average Bonchev–Trinajstić information content (AvgIpc) is 2.93. The van der Waals surface area contributed by atoms with Gasteiger partial charge in [0.25, 0.3) is 5.91 Å². The van der Waals surface area contributed by atoms with Gasteiger partial charge in [0.05, 0.1) is 6.61 Å². The lowest BCUT2D eigenvalue weighted by molar-refractivity contribution is -0.149. The Kier molecular flexibility index (Phi) is 4.75. The number of ether oxygens (including phenoxy) is 1. The number of hydrogen-bond acceptors (Lipinski definition) is 4. The Morgan fingerprint density at radius 3 is 2.00 bits per heavy atom. The van der Waals surface area contributed by atoms with Crippen molar-refractivity contribution in [2.45, 2.75) is 25.4 Å². The maximum Gasteiger partial charge on any atom is 0.328 e. The maximum atomic E-state index is 13.1. The maximum absolute atomic E-state index is 13.1.